The highest BCUT2D eigenvalue weighted by Gasteiger charge is 2.27. The molecule has 19 heavy (non-hydrogen) atoms. The number of methoxy groups -OCH3 is 2. The Kier molecular flexibility index (Phi) is 2.81. The molecule has 5 heteroatoms. The Balaban J connectivity index is 2.09. The van der Waals surface area contributed by atoms with E-state index in [2.05, 4.69) is 4.98 Å². The fourth-order valence-corrected chi connectivity index (χ4v) is 2.22. The molecule has 0 bridgehead atoms. The summed E-state index contributed by atoms with van der Waals surface area (Å²) in [7, 11) is 3.27. The van der Waals surface area contributed by atoms with Crippen LogP contribution in [0.4, 0.5) is 5.82 Å². The average molecular weight is 259 g/mol. The van der Waals surface area contributed by atoms with E-state index in [1.54, 1.807) is 20.5 Å². The van der Waals surface area contributed by atoms with E-state index < -0.39 is 0 Å². The third kappa shape index (κ3) is 2.01. The summed E-state index contributed by atoms with van der Waals surface area (Å²) in [5, 5.41) is 0. The molecule has 2 N–H and O–H groups in total. The summed E-state index contributed by atoms with van der Waals surface area (Å²) >= 11 is 0. The topological polar surface area (TPSA) is 62.3 Å². The first-order valence-corrected chi connectivity index (χ1v) is 6.29. The lowest BCUT2D eigenvalue weighted by Crippen LogP contribution is -2.00. The monoisotopic (exact) mass is 259 g/mol. The zero-order valence-corrected chi connectivity index (χ0v) is 11.1. The van der Waals surface area contributed by atoms with Crippen molar-refractivity contribution in [2.45, 2.75) is 18.9 Å². The maximum Gasteiger partial charge on any atom is 0.131 e. The lowest BCUT2D eigenvalue weighted by Gasteiger charge is -2.10. The predicted octanol–water partition coefficient (Wildman–Crippen LogP) is 2.48. The standard InChI is InChI=1S/C14H17N3O2/c1-18-10-5-6-12(19-2)11(7-10)13-14(15)17(8-16-13)9-3-4-9/h5-9H,3-4,15H2,1-2H3. The van der Waals surface area contributed by atoms with E-state index in [9.17, 15) is 0 Å². The lowest BCUT2D eigenvalue weighted by molar-refractivity contribution is 0.404. The summed E-state index contributed by atoms with van der Waals surface area (Å²) in [5.41, 5.74) is 7.81. The molecule has 1 saturated carbocycles. The second-order valence-corrected chi connectivity index (χ2v) is 4.68. The van der Waals surface area contributed by atoms with Gasteiger partial charge in [-0.25, -0.2) is 4.98 Å². The van der Waals surface area contributed by atoms with Crippen LogP contribution in [0.1, 0.15) is 18.9 Å². The first-order valence-electron chi connectivity index (χ1n) is 6.29. The van der Waals surface area contributed by atoms with E-state index in [1.807, 2.05) is 22.8 Å². The third-order valence-electron chi connectivity index (χ3n) is 3.43. The van der Waals surface area contributed by atoms with Crippen LogP contribution in [-0.4, -0.2) is 23.8 Å². The molecule has 0 saturated heterocycles. The maximum atomic E-state index is 6.20. The largest absolute Gasteiger partial charge is 0.497 e. The summed E-state index contributed by atoms with van der Waals surface area (Å²) in [6.45, 7) is 0. The second-order valence-electron chi connectivity index (χ2n) is 4.68. The molecule has 0 unspecified atom stereocenters. The van der Waals surface area contributed by atoms with Crippen molar-refractivity contribution in [2.75, 3.05) is 20.0 Å². The van der Waals surface area contributed by atoms with Crippen LogP contribution in [0.3, 0.4) is 0 Å². The minimum atomic E-state index is 0.512. The quantitative estimate of drug-likeness (QED) is 0.916. The van der Waals surface area contributed by atoms with Crippen molar-refractivity contribution in [1.29, 1.82) is 0 Å². The molecule has 1 aliphatic carbocycles. The molecule has 5 nitrogen and oxygen atoms in total. The van der Waals surface area contributed by atoms with Gasteiger partial charge in [0.25, 0.3) is 0 Å². The maximum absolute atomic E-state index is 6.20. The first-order chi connectivity index (χ1) is 9.24. The van der Waals surface area contributed by atoms with Crippen molar-refractivity contribution >= 4 is 5.82 Å². The van der Waals surface area contributed by atoms with Crippen LogP contribution >= 0.6 is 0 Å². The second kappa shape index (κ2) is 4.50. The van der Waals surface area contributed by atoms with E-state index in [0.29, 0.717) is 11.9 Å². The van der Waals surface area contributed by atoms with Gasteiger partial charge in [-0.05, 0) is 31.0 Å². The van der Waals surface area contributed by atoms with Gasteiger partial charge in [0.05, 0.1) is 20.5 Å². The Labute approximate surface area is 112 Å². The number of hydrogen-bond donors (Lipinski definition) is 1. The zero-order chi connectivity index (χ0) is 13.4. The van der Waals surface area contributed by atoms with Crippen molar-refractivity contribution in [1.82, 2.24) is 9.55 Å². The molecule has 0 radical (unpaired) electrons. The highest BCUT2D eigenvalue weighted by molar-refractivity contribution is 5.77. The molecule has 1 heterocycles. The lowest BCUT2D eigenvalue weighted by atomic mass is 10.1. The van der Waals surface area contributed by atoms with Crippen molar-refractivity contribution in [3.63, 3.8) is 0 Å². The molecule has 0 spiro atoms. The van der Waals surface area contributed by atoms with Gasteiger partial charge in [-0.15, -0.1) is 0 Å². The summed E-state index contributed by atoms with van der Waals surface area (Å²) < 4.78 is 12.7. The van der Waals surface area contributed by atoms with Crippen molar-refractivity contribution < 1.29 is 9.47 Å². The van der Waals surface area contributed by atoms with Crippen LogP contribution < -0.4 is 15.2 Å². The molecule has 1 aromatic carbocycles. The van der Waals surface area contributed by atoms with Crippen molar-refractivity contribution in [2.24, 2.45) is 0 Å². The Morgan fingerprint density at radius 1 is 1.26 bits per heavy atom. The highest BCUT2D eigenvalue weighted by atomic mass is 16.5. The number of ether oxygens (including phenoxy) is 2. The summed E-state index contributed by atoms with van der Waals surface area (Å²) in [4.78, 5) is 4.43. The van der Waals surface area contributed by atoms with Crippen LogP contribution in [0.2, 0.25) is 0 Å². The van der Waals surface area contributed by atoms with Gasteiger partial charge < -0.3 is 19.8 Å². The van der Waals surface area contributed by atoms with Gasteiger partial charge in [-0.2, -0.15) is 0 Å². The molecule has 100 valence electrons. The summed E-state index contributed by atoms with van der Waals surface area (Å²) in [5.74, 6) is 2.19. The minimum Gasteiger partial charge on any atom is -0.497 e. The number of imidazole rings is 1. The van der Waals surface area contributed by atoms with E-state index in [0.717, 1.165) is 22.8 Å². The Morgan fingerprint density at radius 3 is 2.68 bits per heavy atom. The fraction of sp³-hybridized carbons (Fsp3) is 0.357. The number of anilines is 1. The van der Waals surface area contributed by atoms with Crippen LogP contribution in [0, 0.1) is 0 Å². The molecule has 3 rings (SSSR count). The molecule has 0 aliphatic heterocycles. The summed E-state index contributed by atoms with van der Waals surface area (Å²) in [6, 6.07) is 6.13. The molecule has 0 amide bonds. The Bertz CT molecular complexity index is 603. The Morgan fingerprint density at radius 2 is 2.05 bits per heavy atom. The Hall–Kier alpha value is -2.17. The number of nitrogens with zero attached hydrogens (tertiary/aromatic N) is 2. The third-order valence-corrected chi connectivity index (χ3v) is 3.43. The molecule has 2 aromatic rings. The zero-order valence-electron chi connectivity index (χ0n) is 11.1. The number of rotatable bonds is 4. The number of nitrogens with two attached hydrogens (primary N) is 1. The van der Waals surface area contributed by atoms with Gasteiger partial charge in [0.1, 0.15) is 23.0 Å². The SMILES string of the molecule is COc1ccc(OC)c(-c2ncn(C3CC3)c2N)c1. The van der Waals surface area contributed by atoms with Crippen LogP contribution in [0.5, 0.6) is 11.5 Å². The fourth-order valence-electron chi connectivity index (χ4n) is 2.22. The van der Waals surface area contributed by atoms with Crippen LogP contribution in [-0.2, 0) is 0 Å². The molecule has 1 aliphatic rings. The van der Waals surface area contributed by atoms with E-state index in [-0.39, 0.29) is 0 Å². The van der Waals surface area contributed by atoms with Gasteiger partial charge in [-0.3, -0.25) is 0 Å². The molecular weight excluding hydrogens is 242 g/mol. The number of nitrogen functional groups attached to an aromatic ring is 1. The van der Waals surface area contributed by atoms with Gasteiger partial charge in [0, 0.05) is 11.6 Å². The highest BCUT2D eigenvalue weighted by Crippen LogP contribution is 2.41. The van der Waals surface area contributed by atoms with Crippen LogP contribution in [0.15, 0.2) is 24.5 Å². The average Bonchev–Trinajstić information content (AvgIpc) is 3.21. The molecule has 1 aromatic heterocycles. The van der Waals surface area contributed by atoms with Gasteiger partial charge in [0.2, 0.25) is 0 Å². The normalized spacial score (nSPS) is 14.4. The van der Waals surface area contributed by atoms with Crippen molar-refractivity contribution in [3.05, 3.63) is 24.5 Å². The molecule has 0 atom stereocenters. The van der Waals surface area contributed by atoms with Crippen molar-refractivity contribution in [3.8, 4) is 22.8 Å². The van der Waals surface area contributed by atoms with E-state index >= 15 is 0 Å². The number of hydrogen-bond acceptors (Lipinski definition) is 4. The first kappa shape index (κ1) is 11.9. The number of aromatic nitrogens is 2. The van der Waals surface area contributed by atoms with Gasteiger partial charge in [0.15, 0.2) is 0 Å². The molecule has 1 fully saturated rings. The predicted molar refractivity (Wildman–Crippen MR) is 73.5 cm³/mol. The van der Waals surface area contributed by atoms with Gasteiger partial charge >= 0.3 is 0 Å². The summed E-state index contributed by atoms with van der Waals surface area (Å²) in [6.07, 6.45) is 4.16. The minimum absolute atomic E-state index is 0.512. The van der Waals surface area contributed by atoms with Crippen LogP contribution in [0.25, 0.3) is 11.3 Å². The van der Waals surface area contributed by atoms with Gasteiger partial charge in [-0.1, -0.05) is 0 Å². The molecular formula is C14H17N3O2. The van der Waals surface area contributed by atoms with E-state index in [1.165, 1.54) is 12.8 Å². The smallest absolute Gasteiger partial charge is 0.131 e. The van der Waals surface area contributed by atoms with E-state index in [4.69, 9.17) is 15.2 Å². The number of benzene rings is 1.